The molecule has 2 rings (SSSR count). The number of nitrogens with one attached hydrogen (secondary N) is 1. The summed E-state index contributed by atoms with van der Waals surface area (Å²) in [6.07, 6.45) is 1.57. The van der Waals surface area contributed by atoms with E-state index in [1.807, 2.05) is 0 Å². The average molecular weight is 307 g/mol. The molecule has 0 bridgehead atoms. The maximum Gasteiger partial charge on any atom is 0.322 e. The van der Waals surface area contributed by atoms with Gasteiger partial charge >= 0.3 is 6.03 Å². The van der Waals surface area contributed by atoms with Gasteiger partial charge in [-0.3, -0.25) is 0 Å². The first kappa shape index (κ1) is 14.4. The van der Waals surface area contributed by atoms with Crippen molar-refractivity contribution in [3.05, 3.63) is 28.0 Å². The minimum atomic E-state index is -0.650. The molecule has 1 aliphatic heterocycles. The third-order valence-electron chi connectivity index (χ3n) is 3.10. The van der Waals surface area contributed by atoms with Crippen LogP contribution in [0.15, 0.2) is 12.1 Å². The molecule has 1 heterocycles. The number of carbonyl (C=O) groups is 1. The normalized spacial score (nSPS) is 18.7. The second kappa shape index (κ2) is 5.94. The van der Waals surface area contributed by atoms with Gasteiger partial charge in [0.25, 0.3) is 0 Å². The van der Waals surface area contributed by atoms with E-state index in [1.54, 1.807) is 0 Å². The quantitative estimate of drug-likeness (QED) is 0.825. The van der Waals surface area contributed by atoms with Crippen LogP contribution in [0.3, 0.4) is 0 Å². The van der Waals surface area contributed by atoms with Crippen molar-refractivity contribution < 1.29 is 14.3 Å². The van der Waals surface area contributed by atoms with Crippen LogP contribution in [0.2, 0.25) is 10.0 Å². The highest BCUT2D eigenvalue weighted by Crippen LogP contribution is 2.28. The lowest BCUT2D eigenvalue weighted by atomic mass is 10.2. The van der Waals surface area contributed by atoms with Crippen LogP contribution in [0.1, 0.15) is 12.8 Å². The largest absolute Gasteiger partial charge is 0.394 e. The molecular weight excluding hydrogens is 294 g/mol. The molecule has 1 saturated heterocycles. The van der Waals surface area contributed by atoms with E-state index >= 15 is 0 Å². The number of hydrogen-bond donors (Lipinski definition) is 2. The highest BCUT2D eigenvalue weighted by Gasteiger charge is 2.28. The Kier molecular flexibility index (Phi) is 4.50. The molecule has 104 valence electrons. The highest BCUT2D eigenvalue weighted by atomic mass is 35.5. The van der Waals surface area contributed by atoms with Gasteiger partial charge in [0, 0.05) is 6.54 Å². The summed E-state index contributed by atoms with van der Waals surface area (Å²) >= 11 is 11.4. The molecule has 1 atom stereocenters. The summed E-state index contributed by atoms with van der Waals surface area (Å²) in [6, 6.07) is 1.65. The molecule has 0 radical (unpaired) electrons. The van der Waals surface area contributed by atoms with Gasteiger partial charge in [0.15, 0.2) is 0 Å². The number of carbonyl (C=O) groups excluding carboxylic acids is 1. The Balaban J connectivity index is 2.13. The number of anilines is 1. The van der Waals surface area contributed by atoms with Crippen LogP contribution >= 0.6 is 23.2 Å². The van der Waals surface area contributed by atoms with E-state index in [0.29, 0.717) is 6.54 Å². The van der Waals surface area contributed by atoms with E-state index in [2.05, 4.69) is 5.32 Å². The Morgan fingerprint density at radius 1 is 1.47 bits per heavy atom. The summed E-state index contributed by atoms with van der Waals surface area (Å²) < 4.78 is 13.6. The topological polar surface area (TPSA) is 52.6 Å². The van der Waals surface area contributed by atoms with Crippen molar-refractivity contribution in [2.75, 3.05) is 18.5 Å². The van der Waals surface area contributed by atoms with Crippen LogP contribution in [0.25, 0.3) is 0 Å². The SMILES string of the molecule is O=C(Nc1cc(Cl)c(Cl)cc1F)N1CCC[C@H]1CO. The van der Waals surface area contributed by atoms with Gasteiger partial charge in [-0.2, -0.15) is 0 Å². The van der Waals surface area contributed by atoms with E-state index in [1.165, 1.54) is 11.0 Å². The van der Waals surface area contributed by atoms with Crippen molar-refractivity contribution in [1.82, 2.24) is 4.90 Å². The van der Waals surface area contributed by atoms with Crippen molar-refractivity contribution in [2.45, 2.75) is 18.9 Å². The Morgan fingerprint density at radius 3 is 2.84 bits per heavy atom. The van der Waals surface area contributed by atoms with E-state index in [0.717, 1.165) is 18.9 Å². The number of aliphatic hydroxyl groups is 1. The molecule has 1 aliphatic rings. The summed E-state index contributed by atoms with van der Waals surface area (Å²) in [7, 11) is 0. The first-order valence-electron chi connectivity index (χ1n) is 5.86. The molecule has 0 aliphatic carbocycles. The number of rotatable bonds is 2. The van der Waals surface area contributed by atoms with E-state index in [4.69, 9.17) is 28.3 Å². The predicted molar refractivity (Wildman–Crippen MR) is 72.3 cm³/mol. The molecular formula is C12H13Cl2FN2O2. The number of halogens is 3. The van der Waals surface area contributed by atoms with Gasteiger partial charge < -0.3 is 15.3 Å². The van der Waals surface area contributed by atoms with Crippen molar-refractivity contribution in [1.29, 1.82) is 0 Å². The summed E-state index contributed by atoms with van der Waals surface area (Å²) in [4.78, 5) is 13.5. The van der Waals surface area contributed by atoms with E-state index in [-0.39, 0.29) is 28.4 Å². The molecule has 1 aromatic carbocycles. The zero-order chi connectivity index (χ0) is 14.0. The second-order valence-corrected chi connectivity index (χ2v) is 5.16. The van der Waals surface area contributed by atoms with Crippen LogP contribution in [-0.2, 0) is 0 Å². The van der Waals surface area contributed by atoms with Crippen LogP contribution in [0.4, 0.5) is 14.9 Å². The van der Waals surface area contributed by atoms with Gasteiger partial charge in [-0.25, -0.2) is 9.18 Å². The molecule has 2 amide bonds. The minimum absolute atomic E-state index is 0.0250. The van der Waals surface area contributed by atoms with Crippen molar-refractivity contribution in [3.63, 3.8) is 0 Å². The fraction of sp³-hybridized carbons (Fsp3) is 0.417. The predicted octanol–water partition coefficient (Wildman–Crippen LogP) is 3.12. The first-order valence-corrected chi connectivity index (χ1v) is 6.61. The van der Waals surface area contributed by atoms with Crippen molar-refractivity contribution in [2.24, 2.45) is 0 Å². The van der Waals surface area contributed by atoms with Crippen molar-refractivity contribution >= 4 is 34.9 Å². The molecule has 1 aromatic rings. The molecule has 0 aromatic heterocycles. The van der Waals surface area contributed by atoms with E-state index < -0.39 is 11.8 Å². The third-order valence-corrected chi connectivity index (χ3v) is 3.82. The molecule has 4 nitrogen and oxygen atoms in total. The monoisotopic (exact) mass is 306 g/mol. The lowest BCUT2D eigenvalue weighted by molar-refractivity contribution is 0.166. The molecule has 19 heavy (non-hydrogen) atoms. The highest BCUT2D eigenvalue weighted by molar-refractivity contribution is 6.42. The minimum Gasteiger partial charge on any atom is -0.394 e. The standard InChI is InChI=1S/C12H13Cl2FN2O2/c13-8-4-10(15)11(5-9(8)14)16-12(19)17-3-1-2-7(17)6-18/h4-5,7,18H,1-3,6H2,(H,16,19)/t7-/m0/s1. The van der Waals surface area contributed by atoms with Gasteiger partial charge in [-0.1, -0.05) is 23.2 Å². The molecule has 0 unspecified atom stereocenters. The van der Waals surface area contributed by atoms with Gasteiger partial charge in [-0.05, 0) is 25.0 Å². The zero-order valence-electron chi connectivity index (χ0n) is 10.00. The molecule has 2 N–H and O–H groups in total. The number of aliphatic hydroxyl groups excluding tert-OH is 1. The van der Waals surface area contributed by atoms with Crippen LogP contribution < -0.4 is 5.32 Å². The first-order chi connectivity index (χ1) is 9.02. The molecule has 1 fully saturated rings. The Bertz CT molecular complexity index is 499. The second-order valence-electron chi connectivity index (χ2n) is 4.35. The summed E-state index contributed by atoms with van der Waals surface area (Å²) in [5.74, 6) is -0.650. The fourth-order valence-corrected chi connectivity index (χ4v) is 2.41. The van der Waals surface area contributed by atoms with Crippen LogP contribution in [0.5, 0.6) is 0 Å². The summed E-state index contributed by atoms with van der Waals surface area (Å²) in [6.45, 7) is 0.442. The number of amides is 2. The number of hydrogen-bond acceptors (Lipinski definition) is 2. The lowest BCUT2D eigenvalue weighted by Crippen LogP contribution is -2.40. The lowest BCUT2D eigenvalue weighted by Gasteiger charge is -2.23. The van der Waals surface area contributed by atoms with Crippen LogP contribution in [0, 0.1) is 5.82 Å². The van der Waals surface area contributed by atoms with Gasteiger partial charge in [0.1, 0.15) is 5.82 Å². The Morgan fingerprint density at radius 2 is 2.16 bits per heavy atom. The van der Waals surface area contributed by atoms with Gasteiger partial charge in [0.2, 0.25) is 0 Å². The maximum atomic E-state index is 13.6. The molecule has 0 saturated carbocycles. The van der Waals surface area contributed by atoms with Gasteiger partial charge in [0.05, 0.1) is 28.4 Å². The average Bonchev–Trinajstić information content (AvgIpc) is 2.84. The smallest absolute Gasteiger partial charge is 0.322 e. The molecule has 0 spiro atoms. The summed E-state index contributed by atoms with van der Waals surface area (Å²) in [5.41, 5.74) is -0.0250. The number of nitrogens with zero attached hydrogens (tertiary/aromatic N) is 1. The van der Waals surface area contributed by atoms with E-state index in [9.17, 15) is 9.18 Å². The van der Waals surface area contributed by atoms with Gasteiger partial charge in [-0.15, -0.1) is 0 Å². The zero-order valence-corrected chi connectivity index (χ0v) is 11.5. The Labute approximate surface area is 120 Å². The molecule has 7 heteroatoms. The Hall–Kier alpha value is -1.04. The number of urea groups is 1. The fourth-order valence-electron chi connectivity index (χ4n) is 2.10. The third kappa shape index (κ3) is 3.11. The van der Waals surface area contributed by atoms with Crippen LogP contribution in [-0.4, -0.2) is 35.2 Å². The maximum absolute atomic E-state index is 13.6. The van der Waals surface area contributed by atoms with Crippen molar-refractivity contribution in [3.8, 4) is 0 Å². The summed E-state index contributed by atoms with van der Waals surface area (Å²) in [5, 5.41) is 11.8. The number of benzene rings is 1. The number of likely N-dealkylation sites (tertiary alicyclic amines) is 1.